The molecule has 82 valence electrons. The van der Waals surface area contributed by atoms with Crippen LogP contribution in [0.1, 0.15) is 5.56 Å². The van der Waals surface area contributed by atoms with Crippen molar-refractivity contribution in [2.75, 3.05) is 0 Å². The van der Waals surface area contributed by atoms with Crippen LogP contribution in [0.15, 0.2) is 41.2 Å². The van der Waals surface area contributed by atoms with Crippen LogP contribution in [-0.4, -0.2) is 16.2 Å². The quantitative estimate of drug-likeness (QED) is 0.852. The molecule has 1 aromatic heterocycles. The van der Waals surface area contributed by atoms with Crippen LogP contribution in [-0.2, 0) is 11.2 Å². The summed E-state index contributed by atoms with van der Waals surface area (Å²) in [5, 5.41) is 12.1. The Balaban J connectivity index is 2.05. The number of carbonyl (C=O) groups is 1. The molecule has 0 amide bonds. The molecule has 0 saturated heterocycles. The van der Waals surface area contributed by atoms with Crippen molar-refractivity contribution in [2.24, 2.45) is 0 Å². The molecule has 1 N–H and O–H groups in total. The fraction of sp³-hybridized carbons (Fsp3) is 0.0909. The van der Waals surface area contributed by atoms with Gasteiger partial charge in [-0.1, -0.05) is 17.3 Å². The van der Waals surface area contributed by atoms with E-state index in [1.165, 1.54) is 12.5 Å². The molecule has 16 heavy (non-hydrogen) atoms. The Kier molecular flexibility index (Phi) is 2.86. The van der Waals surface area contributed by atoms with Crippen LogP contribution < -0.4 is 4.74 Å². The Morgan fingerprint density at radius 2 is 2.06 bits per heavy atom. The van der Waals surface area contributed by atoms with Crippen molar-refractivity contribution < 1.29 is 19.2 Å². The third kappa shape index (κ3) is 2.60. The molecule has 2 aromatic rings. The standard InChI is InChI=1S/C11H9NO4/c13-11(14)5-8-1-3-9(4-2-8)16-10-6-12-15-7-10/h1-4,6-7H,5H2,(H,13,14). The summed E-state index contributed by atoms with van der Waals surface area (Å²) in [4.78, 5) is 10.5. The van der Waals surface area contributed by atoms with Crippen LogP contribution in [0.3, 0.4) is 0 Å². The third-order valence-corrected chi connectivity index (χ3v) is 1.92. The van der Waals surface area contributed by atoms with Crippen LogP contribution in [0.4, 0.5) is 0 Å². The summed E-state index contributed by atoms with van der Waals surface area (Å²) in [6.45, 7) is 0. The highest BCUT2D eigenvalue weighted by atomic mass is 16.5. The number of benzene rings is 1. The summed E-state index contributed by atoms with van der Waals surface area (Å²) >= 11 is 0. The number of rotatable bonds is 4. The lowest BCUT2D eigenvalue weighted by Gasteiger charge is -2.02. The summed E-state index contributed by atoms with van der Waals surface area (Å²) in [7, 11) is 0. The maximum atomic E-state index is 10.5. The van der Waals surface area contributed by atoms with Crippen molar-refractivity contribution in [3.8, 4) is 11.5 Å². The largest absolute Gasteiger partial charge is 0.481 e. The molecular weight excluding hydrogens is 210 g/mol. The van der Waals surface area contributed by atoms with Crippen LogP contribution in [0.5, 0.6) is 11.5 Å². The third-order valence-electron chi connectivity index (χ3n) is 1.92. The number of aliphatic carboxylic acids is 1. The molecule has 0 atom stereocenters. The van der Waals surface area contributed by atoms with Gasteiger partial charge in [-0.2, -0.15) is 0 Å². The van der Waals surface area contributed by atoms with E-state index in [0.717, 1.165) is 5.56 Å². The summed E-state index contributed by atoms with van der Waals surface area (Å²) in [5.74, 6) is 0.260. The van der Waals surface area contributed by atoms with Crippen molar-refractivity contribution in [1.29, 1.82) is 0 Å². The van der Waals surface area contributed by atoms with E-state index in [1.54, 1.807) is 24.3 Å². The van der Waals surface area contributed by atoms with Gasteiger partial charge in [-0.05, 0) is 17.7 Å². The average molecular weight is 219 g/mol. The van der Waals surface area contributed by atoms with Gasteiger partial charge in [0.2, 0.25) is 0 Å². The van der Waals surface area contributed by atoms with Gasteiger partial charge in [0.25, 0.3) is 0 Å². The topological polar surface area (TPSA) is 72.6 Å². The molecule has 1 aromatic carbocycles. The molecule has 0 aliphatic heterocycles. The minimum atomic E-state index is -0.854. The minimum absolute atomic E-state index is 0.00749. The van der Waals surface area contributed by atoms with Gasteiger partial charge in [-0.15, -0.1) is 0 Å². The fourth-order valence-corrected chi connectivity index (χ4v) is 1.23. The molecule has 0 aliphatic carbocycles. The second kappa shape index (κ2) is 4.48. The highest BCUT2D eigenvalue weighted by Crippen LogP contribution is 2.20. The van der Waals surface area contributed by atoms with Gasteiger partial charge in [-0.3, -0.25) is 4.79 Å². The van der Waals surface area contributed by atoms with Gasteiger partial charge in [0.15, 0.2) is 12.0 Å². The maximum Gasteiger partial charge on any atom is 0.307 e. The second-order valence-electron chi connectivity index (χ2n) is 3.18. The Labute approximate surface area is 91.3 Å². The molecule has 5 heteroatoms. The van der Waals surface area contributed by atoms with E-state index < -0.39 is 5.97 Å². The number of aromatic nitrogens is 1. The summed E-state index contributed by atoms with van der Waals surface area (Å²) in [6.07, 6.45) is 2.84. The first-order valence-electron chi connectivity index (χ1n) is 4.62. The molecule has 0 radical (unpaired) electrons. The van der Waals surface area contributed by atoms with Gasteiger partial charge in [-0.25, -0.2) is 0 Å². The van der Waals surface area contributed by atoms with E-state index >= 15 is 0 Å². The molecule has 0 saturated carbocycles. The zero-order valence-corrected chi connectivity index (χ0v) is 8.29. The fourth-order valence-electron chi connectivity index (χ4n) is 1.23. The molecule has 0 aliphatic rings. The Bertz CT molecular complexity index is 461. The number of carboxylic acid groups (broad SMARTS) is 1. The van der Waals surface area contributed by atoms with Crippen LogP contribution in [0.25, 0.3) is 0 Å². The summed E-state index contributed by atoms with van der Waals surface area (Å²) in [6, 6.07) is 6.81. The van der Waals surface area contributed by atoms with E-state index in [2.05, 4.69) is 9.68 Å². The van der Waals surface area contributed by atoms with Crippen molar-refractivity contribution in [3.05, 3.63) is 42.3 Å². The number of nitrogens with zero attached hydrogens (tertiary/aromatic N) is 1. The van der Waals surface area contributed by atoms with Crippen LogP contribution in [0.2, 0.25) is 0 Å². The Morgan fingerprint density at radius 1 is 1.31 bits per heavy atom. The van der Waals surface area contributed by atoms with Crippen molar-refractivity contribution >= 4 is 5.97 Å². The highest BCUT2D eigenvalue weighted by Gasteiger charge is 2.02. The second-order valence-corrected chi connectivity index (χ2v) is 3.18. The van der Waals surface area contributed by atoms with Crippen LogP contribution in [0, 0.1) is 0 Å². The minimum Gasteiger partial charge on any atom is -0.481 e. The number of hydrogen-bond donors (Lipinski definition) is 1. The van der Waals surface area contributed by atoms with Crippen LogP contribution >= 0.6 is 0 Å². The molecular formula is C11H9NO4. The molecule has 0 spiro atoms. The predicted molar refractivity (Wildman–Crippen MR) is 54.4 cm³/mol. The van der Waals surface area contributed by atoms with Gasteiger partial charge in [0.05, 0.1) is 6.42 Å². The molecule has 1 heterocycles. The van der Waals surface area contributed by atoms with Gasteiger partial charge >= 0.3 is 5.97 Å². The molecule has 5 nitrogen and oxygen atoms in total. The van der Waals surface area contributed by atoms with E-state index in [9.17, 15) is 4.79 Å². The summed E-state index contributed by atoms with van der Waals surface area (Å²) < 4.78 is 9.98. The number of carboxylic acids is 1. The van der Waals surface area contributed by atoms with Crippen molar-refractivity contribution in [3.63, 3.8) is 0 Å². The molecule has 0 bridgehead atoms. The number of ether oxygens (including phenoxy) is 1. The monoisotopic (exact) mass is 219 g/mol. The Hall–Kier alpha value is -2.30. The number of hydrogen-bond acceptors (Lipinski definition) is 4. The first kappa shape index (κ1) is 10.2. The van der Waals surface area contributed by atoms with E-state index in [1.807, 2.05) is 0 Å². The lowest BCUT2D eigenvalue weighted by Crippen LogP contribution is -1.99. The highest BCUT2D eigenvalue weighted by molar-refractivity contribution is 5.70. The normalized spacial score (nSPS) is 10.0. The van der Waals surface area contributed by atoms with E-state index in [4.69, 9.17) is 9.84 Å². The van der Waals surface area contributed by atoms with Crippen molar-refractivity contribution in [2.45, 2.75) is 6.42 Å². The first-order chi connectivity index (χ1) is 7.74. The van der Waals surface area contributed by atoms with Gasteiger partial charge in [0, 0.05) is 0 Å². The zero-order chi connectivity index (χ0) is 11.4. The van der Waals surface area contributed by atoms with Gasteiger partial charge < -0.3 is 14.4 Å². The van der Waals surface area contributed by atoms with Gasteiger partial charge in [0.1, 0.15) is 11.9 Å². The lowest BCUT2D eigenvalue weighted by molar-refractivity contribution is -0.136. The SMILES string of the molecule is O=C(O)Cc1ccc(Oc2cnoc2)cc1. The predicted octanol–water partition coefficient (Wildman–Crippen LogP) is 2.09. The average Bonchev–Trinajstić information content (AvgIpc) is 2.73. The first-order valence-corrected chi connectivity index (χ1v) is 4.62. The molecule has 0 unspecified atom stereocenters. The zero-order valence-electron chi connectivity index (χ0n) is 8.29. The lowest BCUT2D eigenvalue weighted by atomic mass is 10.1. The summed E-state index contributed by atoms with van der Waals surface area (Å²) in [5.41, 5.74) is 0.727. The van der Waals surface area contributed by atoms with Crippen molar-refractivity contribution in [1.82, 2.24) is 5.16 Å². The molecule has 0 fully saturated rings. The molecule has 2 rings (SSSR count). The van der Waals surface area contributed by atoms with E-state index in [0.29, 0.717) is 11.5 Å². The van der Waals surface area contributed by atoms with E-state index in [-0.39, 0.29) is 6.42 Å². The smallest absolute Gasteiger partial charge is 0.307 e. The Morgan fingerprint density at radius 3 is 2.62 bits per heavy atom. The maximum absolute atomic E-state index is 10.5.